The molecule has 0 saturated carbocycles. The van der Waals surface area contributed by atoms with E-state index in [0.29, 0.717) is 18.0 Å². The van der Waals surface area contributed by atoms with E-state index in [1.54, 1.807) is 24.0 Å². The fourth-order valence-corrected chi connectivity index (χ4v) is 5.05. The summed E-state index contributed by atoms with van der Waals surface area (Å²) in [6.07, 6.45) is 3.70. The van der Waals surface area contributed by atoms with E-state index < -0.39 is 11.5 Å². The van der Waals surface area contributed by atoms with Crippen molar-refractivity contribution in [2.75, 3.05) is 38.1 Å². The van der Waals surface area contributed by atoms with Gasteiger partial charge in [0.05, 0.1) is 36.7 Å². The maximum atomic E-state index is 14.3. The van der Waals surface area contributed by atoms with Crippen LogP contribution in [0.1, 0.15) is 50.9 Å². The summed E-state index contributed by atoms with van der Waals surface area (Å²) in [5.74, 6) is 1.16. The predicted octanol–water partition coefficient (Wildman–Crippen LogP) is 5.82. The third kappa shape index (κ3) is 5.12. The second-order valence-corrected chi connectivity index (χ2v) is 10.4. The second-order valence-electron chi connectivity index (χ2n) is 10.2. The minimum atomic E-state index is -0.778. The van der Waals surface area contributed by atoms with Crippen LogP contribution in [0.15, 0.2) is 60.8 Å². The van der Waals surface area contributed by atoms with Crippen LogP contribution in [-0.2, 0) is 9.59 Å². The van der Waals surface area contributed by atoms with Gasteiger partial charge in [-0.1, -0.05) is 25.5 Å². The van der Waals surface area contributed by atoms with Gasteiger partial charge in [-0.05, 0) is 62.7 Å². The zero-order valence-electron chi connectivity index (χ0n) is 22.7. The minimum Gasteiger partial charge on any atom is -0.497 e. The Morgan fingerprint density at radius 1 is 1.03 bits per heavy atom. The van der Waals surface area contributed by atoms with Gasteiger partial charge in [0, 0.05) is 24.2 Å². The van der Waals surface area contributed by atoms with E-state index in [2.05, 4.69) is 11.5 Å². The maximum Gasteiger partial charge on any atom is 0.247 e. The molecular weight excluding hydrogens is 502 g/mol. The van der Waals surface area contributed by atoms with Gasteiger partial charge in [-0.15, -0.1) is 11.6 Å². The Hall–Kier alpha value is -3.45. The summed E-state index contributed by atoms with van der Waals surface area (Å²) in [6.45, 7) is 6.13. The molecule has 38 heavy (non-hydrogen) atoms. The number of unbranched alkanes of at least 4 members (excludes halogenated alkanes) is 1. The van der Waals surface area contributed by atoms with Crippen molar-refractivity contribution in [1.29, 1.82) is 0 Å². The molecule has 0 aliphatic carbocycles. The number of aromatic nitrogens is 1. The van der Waals surface area contributed by atoms with Gasteiger partial charge in [0.15, 0.2) is 0 Å². The molecule has 4 rings (SSSR count). The van der Waals surface area contributed by atoms with Crippen LogP contribution in [0.2, 0.25) is 0 Å². The molecule has 2 aromatic carbocycles. The van der Waals surface area contributed by atoms with E-state index in [0.717, 1.165) is 35.5 Å². The van der Waals surface area contributed by atoms with Crippen molar-refractivity contribution in [2.45, 2.75) is 39.7 Å². The van der Waals surface area contributed by atoms with Gasteiger partial charge < -0.3 is 18.9 Å². The summed E-state index contributed by atoms with van der Waals surface area (Å²) in [5, 5.41) is 0. The van der Waals surface area contributed by atoms with Crippen molar-refractivity contribution >= 4 is 29.1 Å². The fourth-order valence-electron chi connectivity index (χ4n) is 4.94. The summed E-state index contributed by atoms with van der Waals surface area (Å²) < 4.78 is 13.4. The second kappa shape index (κ2) is 11.5. The van der Waals surface area contributed by atoms with Crippen molar-refractivity contribution in [3.05, 3.63) is 72.1 Å². The van der Waals surface area contributed by atoms with Crippen molar-refractivity contribution in [1.82, 2.24) is 9.47 Å². The van der Waals surface area contributed by atoms with E-state index in [4.69, 9.17) is 21.1 Å². The highest BCUT2D eigenvalue weighted by Crippen LogP contribution is 2.45. The highest BCUT2D eigenvalue weighted by molar-refractivity contribution is 6.20. The quantitative estimate of drug-likeness (QED) is 0.305. The molecule has 0 bridgehead atoms. The molecule has 0 radical (unpaired) electrons. The molecule has 202 valence electrons. The van der Waals surface area contributed by atoms with Crippen LogP contribution in [0.25, 0.3) is 5.69 Å². The molecule has 1 unspecified atom stereocenters. The normalized spacial score (nSPS) is 14.5. The zero-order valence-corrected chi connectivity index (χ0v) is 23.5. The lowest BCUT2D eigenvalue weighted by molar-refractivity contribution is -0.142. The first kappa shape index (κ1) is 27.6. The number of hydrogen-bond donors (Lipinski definition) is 0. The van der Waals surface area contributed by atoms with Crippen LogP contribution in [-0.4, -0.2) is 54.5 Å². The number of anilines is 1. The van der Waals surface area contributed by atoms with Crippen molar-refractivity contribution < 1.29 is 19.1 Å². The van der Waals surface area contributed by atoms with E-state index >= 15 is 0 Å². The summed E-state index contributed by atoms with van der Waals surface area (Å²) in [4.78, 5) is 31.3. The number of halogens is 1. The molecule has 2 heterocycles. The molecule has 0 fully saturated rings. The van der Waals surface area contributed by atoms with Crippen molar-refractivity contribution in [3.63, 3.8) is 0 Å². The molecule has 0 spiro atoms. The van der Waals surface area contributed by atoms with Gasteiger partial charge >= 0.3 is 0 Å². The Morgan fingerprint density at radius 2 is 1.76 bits per heavy atom. The van der Waals surface area contributed by atoms with Gasteiger partial charge in [-0.3, -0.25) is 14.5 Å². The molecule has 8 heteroatoms. The first-order valence-corrected chi connectivity index (χ1v) is 13.5. The van der Waals surface area contributed by atoms with Gasteiger partial charge in [0.25, 0.3) is 0 Å². The third-order valence-electron chi connectivity index (χ3n) is 7.03. The van der Waals surface area contributed by atoms with Gasteiger partial charge in [-0.2, -0.15) is 0 Å². The summed E-state index contributed by atoms with van der Waals surface area (Å²) in [6, 6.07) is 16.9. The maximum absolute atomic E-state index is 14.3. The number of hydrogen-bond acceptors (Lipinski definition) is 4. The van der Waals surface area contributed by atoms with E-state index in [-0.39, 0.29) is 24.2 Å². The standard InChI is InChI=1S/C30H36ClN3O4/c1-6-7-16-32(29(36)30(2,3)20-31)19-27(35)34-24-12-9-8-11-23(24)33-17-10-13-25(33)28(34)22-18-21(37-4)14-15-26(22)38-5/h8-15,17-18,28H,6-7,16,19-20H2,1-5H3. The van der Waals surface area contributed by atoms with Gasteiger partial charge in [0.2, 0.25) is 11.8 Å². The monoisotopic (exact) mass is 537 g/mol. The number of para-hydroxylation sites is 2. The minimum absolute atomic E-state index is 0.0586. The molecule has 1 aromatic heterocycles. The van der Waals surface area contributed by atoms with Crippen LogP contribution in [0, 0.1) is 5.41 Å². The molecule has 1 atom stereocenters. The van der Waals surface area contributed by atoms with E-state index in [9.17, 15) is 9.59 Å². The van der Waals surface area contributed by atoms with Crippen LogP contribution < -0.4 is 14.4 Å². The number of alkyl halides is 1. The number of methoxy groups -OCH3 is 2. The largest absolute Gasteiger partial charge is 0.497 e. The van der Waals surface area contributed by atoms with Crippen LogP contribution in [0.5, 0.6) is 11.5 Å². The first-order chi connectivity index (χ1) is 18.3. The number of ether oxygens (including phenoxy) is 2. The SMILES string of the molecule is CCCCN(CC(=O)N1c2ccccc2-n2cccc2C1c1cc(OC)ccc1OC)C(=O)C(C)(C)CCl. The number of nitrogens with zero attached hydrogens (tertiary/aromatic N) is 3. The molecule has 2 amide bonds. The average molecular weight is 538 g/mol. The smallest absolute Gasteiger partial charge is 0.247 e. The summed E-state index contributed by atoms with van der Waals surface area (Å²) in [5.41, 5.74) is 2.58. The Bertz CT molecular complexity index is 1300. The Morgan fingerprint density at radius 3 is 2.42 bits per heavy atom. The van der Waals surface area contributed by atoms with Crippen LogP contribution in [0.3, 0.4) is 0 Å². The fraction of sp³-hybridized carbons (Fsp3) is 0.400. The van der Waals surface area contributed by atoms with Gasteiger partial charge in [-0.25, -0.2) is 0 Å². The number of carbonyl (C=O) groups excluding carboxylic acids is 2. The number of carbonyl (C=O) groups is 2. The third-order valence-corrected chi connectivity index (χ3v) is 7.70. The number of fused-ring (bicyclic) bond motifs is 3. The topological polar surface area (TPSA) is 64.0 Å². The Balaban J connectivity index is 1.85. The number of benzene rings is 2. The van der Waals surface area contributed by atoms with Crippen molar-refractivity contribution in [3.8, 4) is 17.2 Å². The van der Waals surface area contributed by atoms with Crippen LogP contribution in [0.4, 0.5) is 5.69 Å². The average Bonchev–Trinajstić information content (AvgIpc) is 3.43. The lowest BCUT2D eigenvalue weighted by Gasteiger charge is -2.40. The number of rotatable bonds is 10. The molecule has 1 aliphatic rings. The molecule has 0 saturated heterocycles. The Kier molecular flexibility index (Phi) is 8.36. The van der Waals surface area contributed by atoms with E-state index in [1.807, 2.05) is 74.6 Å². The number of amides is 2. The predicted molar refractivity (Wildman–Crippen MR) is 151 cm³/mol. The molecule has 7 nitrogen and oxygen atoms in total. The molecule has 1 aliphatic heterocycles. The highest BCUT2D eigenvalue weighted by atomic mass is 35.5. The van der Waals surface area contributed by atoms with E-state index in [1.165, 1.54) is 0 Å². The Labute approximate surface area is 229 Å². The first-order valence-electron chi connectivity index (χ1n) is 12.9. The molecule has 0 N–H and O–H groups in total. The molecule has 3 aromatic rings. The molecular formula is C30H36ClN3O4. The lowest BCUT2D eigenvalue weighted by atomic mass is 9.93. The van der Waals surface area contributed by atoms with Crippen LogP contribution >= 0.6 is 11.6 Å². The van der Waals surface area contributed by atoms with Gasteiger partial charge in [0.1, 0.15) is 24.1 Å². The zero-order chi connectivity index (χ0) is 27.4. The summed E-state index contributed by atoms with van der Waals surface area (Å²) in [7, 11) is 3.23. The summed E-state index contributed by atoms with van der Waals surface area (Å²) >= 11 is 6.16. The lowest BCUT2D eigenvalue weighted by Crippen LogP contribution is -2.50. The highest BCUT2D eigenvalue weighted by Gasteiger charge is 2.40. The van der Waals surface area contributed by atoms with Crippen molar-refractivity contribution in [2.24, 2.45) is 5.41 Å².